The molecule has 2 aliphatic heterocycles. The van der Waals surface area contributed by atoms with Crippen LogP contribution < -0.4 is 16.0 Å². The quantitative estimate of drug-likeness (QED) is 0.836. The van der Waals surface area contributed by atoms with Gasteiger partial charge in [0.05, 0.1) is 17.3 Å². The molecule has 0 saturated carbocycles. The molecule has 0 amide bonds. The first kappa shape index (κ1) is 14.3. The van der Waals surface area contributed by atoms with Gasteiger partial charge in [0.25, 0.3) is 0 Å². The summed E-state index contributed by atoms with van der Waals surface area (Å²) >= 11 is 0. The molecule has 0 bridgehead atoms. The number of benzene rings is 1. The van der Waals surface area contributed by atoms with Crippen LogP contribution in [0, 0.1) is 11.3 Å². The van der Waals surface area contributed by atoms with Crippen molar-refractivity contribution in [3.05, 3.63) is 53.5 Å². The summed E-state index contributed by atoms with van der Waals surface area (Å²) in [6, 6.07) is 9.20. The topological polar surface area (TPSA) is 95.0 Å². The van der Waals surface area contributed by atoms with Crippen LogP contribution >= 0.6 is 0 Å². The van der Waals surface area contributed by atoms with Crippen LogP contribution in [-0.2, 0) is 0 Å². The summed E-state index contributed by atoms with van der Waals surface area (Å²) in [6.45, 7) is 1.58. The number of fused-ring (bicyclic) bond motifs is 3. The lowest BCUT2D eigenvalue weighted by Crippen LogP contribution is -2.21. The lowest BCUT2D eigenvalue weighted by Gasteiger charge is -2.21. The fourth-order valence-corrected chi connectivity index (χ4v) is 3.21. The number of ketones is 1. The summed E-state index contributed by atoms with van der Waals surface area (Å²) in [5.74, 6) is 0.378. The van der Waals surface area contributed by atoms with Crippen LogP contribution in [0.25, 0.3) is 11.1 Å². The maximum atomic E-state index is 12.8. The number of nitriles is 1. The highest BCUT2D eigenvalue weighted by molar-refractivity contribution is 6.21. The third-order valence-corrected chi connectivity index (χ3v) is 4.32. The highest BCUT2D eigenvalue weighted by atomic mass is 16.1. The van der Waals surface area contributed by atoms with Crippen molar-refractivity contribution < 1.29 is 4.79 Å². The molecule has 6 nitrogen and oxygen atoms in total. The van der Waals surface area contributed by atoms with E-state index < -0.39 is 0 Å². The van der Waals surface area contributed by atoms with Gasteiger partial charge in [-0.25, -0.2) is 4.98 Å². The van der Waals surface area contributed by atoms with Crippen molar-refractivity contribution in [3.63, 3.8) is 0 Å². The number of Topliss-reactive ketones (excluding diaryl/α,β-unsaturated/α-hetero) is 1. The number of carbonyl (C=O) groups is 1. The first-order valence-corrected chi connectivity index (χ1v) is 7.75. The van der Waals surface area contributed by atoms with E-state index in [0.29, 0.717) is 22.6 Å². The number of hydrogen-bond donors (Lipinski definition) is 2. The number of rotatable bonds is 1. The number of aromatic nitrogens is 1. The fourth-order valence-electron chi connectivity index (χ4n) is 3.21. The fraction of sp³-hybridized carbons (Fsp3) is 0.167. The Bertz CT molecular complexity index is 908. The first-order valence-electron chi connectivity index (χ1n) is 7.75. The maximum Gasteiger partial charge on any atom is 0.213 e. The molecular formula is C18H15N5O. The van der Waals surface area contributed by atoms with Gasteiger partial charge in [-0.15, -0.1) is 0 Å². The SMILES string of the molecule is N#Cc1cc2c(c(-c3ccc(N)nc3)c1)N1CCCNC=C1C2=O. The summed E-state index contributed by atoms with van der Waals surface area (Å²) < 4.78 is 0. The van der Waals surface area contributed by atoms with Crippen molar-refractivity contribution in [2.45, 2.75) is 6.42 Å². The van der Waals surface area contributed by atoms with E-state index in [2.05, 4.69) is 16.4 Å². The number of pyridine rings is 1. The Balaban J connectivity index is 1.98. The number of anilines is 2. The van der Waals surface area contributed by atoms with Gasteiger partial charge in [-0.2, -0.15) is 5.26 Å². The van der Waals surface area contributed by atoms with Gasteiger partial charge in [-0.05, 0) is 30.7 Å². The summed E-state index contributed by atoms with van der Waals surface area (Å²) in [4.78, 5) is 19.0. The minimum atomic E-state index is -0.0545. The van der Waals surface area contributed by atoms with Gasteiger partial charge in [-0.3, -0.25) is 4.79 Å². The predicted molar refractivity (Wildman–Crippen MR) is 91.2 cm³/mol. The largest absolute Gasteiger partial charge is 0.389 e. The Morgan fingerprint density at radius 3 is 2.88 bits per heavy atom. The monoisotopic (exact) mass is 317 g/mol. The molecule has 2 aromatic rings. The summed E-state index contributed by atoms with van der Waals surface area (Å²) in [5.41, 5.74) is 9.84. The second-order valence-electron chi connectivity index (χ2n) is 5.82. The van der Waals surface area contributed by atoms with E-state index in [1.54, 1.807) is 30.6 Å². The van der Waals surface area contributed by atoms with Crippen molar-refractivity contribution in [2.75, 3.05) is 23.7 Å². The second kappa shape index (κ2) is 5.39. The van der Waals surface area contributed by atoms with Crippen molar-refractivity contribution in [1.82, 2.24) is 10.3 Å². The molecule has 3 N–H and O–H groups in total. The number of allylic oxidation sites excluding steroid dienone is 1. The Morgan fingerprint density at radius 1 is 1.29 bits per heavy atom. The highest BCUT2D eigenvalue weighted by Crippen LogP contribution is 2.43. The third-order valence-electron chi connectivity index (χ3n) is 4.32. The normalized spacial score (nSPS) is 15.7. The minimum absolute atomic E-state index is 0.0545. The first-order chi connectivity index (χ1) is 11.7. The average Bonchev–Trinajstić information content (AvgIpc) is 2.77. The Hall–Kier alpha value is -3.33. The van der Waals surface area contributed by atoms with E-state index in [4.69, 9.17) is 5.73 Å². The van der Waals surface area contributed by atoms with E-state index in [1.165, 1.54) is 0 Å². The number of nitrogens with one attached hydrogen (secondary N) is 1. The predicted octanol–water partition coefficient (Wildman–Crippen LogP) is 2.04. The molecule has 24 heavy (non-hydrogen) atoms. The van der Waals surface area contributed by atoms with Gasteiger partial charge < -0.3 is 16.0 Å². The van der Waals surface area contributed by atoms with Crippen LogP contribution in [0.3, 0.4) is 0 Å². The van der Waals surface area contributed by atoms with Crippen LogP contribution in [0.4, 0.5) is 11.5 Å². The molecular weight excluding hydrogens is 302 g/mol. The Labute approximate surface area is 139 Å². The molecule has 0 saturated heterocycles. The van der Waals surface area contributed by atoms with E-state index >= 15 is 0 Å². The smallest absolute Gasteiger partial charge is 0.213 e. The van der Waals surface area contributed by atoms with Crippen molar-refractivity contribution in [3.8, 4) is 17.2 Å². The summed E-state index contributed by atoms with van der Waals surface area (Å²) in [6.07, 6.45) is 4.37. The van der Waals surface area contributed by atoms with Crippen LogP contribution in [0.2, 0.25) is 0 Å². The Kier molecular flexibility index (Phi) is 3.21. The zero-order chi connectivity index (χ0) is 16.7. The van der Waals surface area contributed by atoms with Gasteiger partial charge in [0.2, 0.25) is 5.78 Å². The number of nitrogen functional groups attached to an aromatic ring is 1. The molecule has 3 heterocycles. The standard InChI is InChI=1S/C18H15N5O/c19-8-11-6-13(12-2-3-16(20)22-9-12)17-14(7-11)18(24)15-10-21-4-1-5-23(15)17/h2-3,6-7,9-10,21H,1,4-5H2,(H2,20,22). The molecule has 118 valence electrons. The van der Waals surface area contributed by atoms with Crippen molar-refractivity contribution in [1.29, 1.82) is 5.26 Å². The minimum Gasteiger partial charge on any atom is -0.389 e. The molecule has 0 unspecified atom stereocenters. The molecule has 1 aromatic heterocycles. The van der Waals surface area contributed by atoms with Crippen molar-refractivity contribution in [2.24, 2.45) is 0 Å². The molecule has 0 spiro atoms. The molecule has 6 heteroatoms. The van der Waals surface area contributed by atoms with E-state index in [9.17, 15) is 10.1 Å². The molecule has 0 aliphatic carbocycles. The van der Waals surface area contributed by atoms with Crippen LogP contribution in [-0.4, -0.2) is 23.9 Å². The molecule has 0 atom stereocenters. The van der Waals surface area contributed by atoms with Gasteiger partial charge >= 0.3 is 0 Å². The second-order valence-corrected chi connectivity index (χ2v) is 5.82. The van der Waals surface area contributed by atoms with Gasteiger partial charge in [0.1, 0.15) is 11.5 Å². The summed E-state index contributed by atoms with van der Waals surface area (Å²) in [5, 5.41) is 12.5. The van der Waals surface area contributed by atoms with Gasteiger partial charge in [0.15, 0.2) is 0 Å². The van der Waals surface area contributed by atoms with Crippen LogP contribution in [0.1, 0.15) is 22.3 Å². The third kappa shape index (κ3) is 2.10. The zero-order valence-corrected chi connectivity index (χ0v) is 12.9. The summed E-state index contributed by atoms with van der Waals surface area (Å²) in [7, 11) is 0. The van der Waals surface area contributed by atoms with Crippen LogP contribution in [0.15, 0.2) is 42.4 Å². The lowest BCUT2D eigenvalue weighted by molar-refractivity contribution is 0.103. The van der Waals surface area contributed by atoms with Gasteiger partial charge in [0, 0.05) is 42.2 Å². The van der Waals surface area contributed by atoms with E-state index in [1.807, 2.05) is 11.0 Å². The number of nitrogens with two attached hydrogens (primary N) is 1. The molecule has 4 rings (SSSR count). The number of nitrogens with zero attached hydrogens (tertiary/aromatic N) is 3. The van der Waals surface area contributed by atoms with E-state index in [-0.39, 0.29) is 5.78 Å². The number of hydrogen-bond acceptors (Lipinski definition) is 6. The Morgan fingerprint density at radius 2 is 2.12 bits per heavy atom. The van der Waals surface area contributed by atoms with Crippen LogP contribution in [0.5, 0.6) is 0 Å². The van der Waals surface area contributed by atoms with Crippen molar-refractivity contribution >= 4 is 17.3 Å². The van der Waals surface area contributed by atoms with Gasteiger partial charge in [-0.1, -0.05) is 0 Å². The van der Waals surface area contributed by atoms with E-state index in [0.717, 1.165) is 36.3 Å². The average molecular weight is 317 g/mol. The molecule has 1 aromatic carbocycles. The zero-order valence-electron chi connectivity index (χ0n) is 12.9. The molecule has 0 radical (unpaired) electrons. The molecule has 2 aliphatic rings. The lowest BCUT2D eigenvalue weighted by atomic mass is 9.98. The number of carbonyl (C=O) groups excluding carboxylic acids is 1. The maximum absolute atomic E-state index is 12.8. The molecule has 0 fully saturated rings. The highest BCUT2D eigenvalue weighted by Gasteiger charge is 2.35.